The summed E-state index contributed by atoms with van der Waals surface area (Å²) in [5.74, 6) is 0. The van der Waals surface area contributed by atoms with Crippen molar-refractivity contribution < 1.29 is 0 Å². The van der Waals surface area contributed by atoms with E-state index in [9.17, 15) is 0 Å². The number of nitrogens with one attached hydrogen (secondary N) is 1. The maximum Gasteiger partial charge on any atom is 0.0406 e. The van der Waals surface area contributed by atoms with Crippen molar-refractivity contribution in [1.82, 2.24) is 10.2 Å². The second-order valence-electron chi connectivity index (χ2n) is 5.17. The van der Waals surface area contributed by atoms with E-state index in [1.165, 1.54) is 24.8 Å². The molecule has 1 rings (SSSR count). The first kappa shape index (κ1) is 16.5. The number of benzene rings is 1. The highest BCUT2D eigenvalue weighted by atomic mass is 35.5. The third-order valence-corrected chi connectivity index (χ3v) is 3.81. The number of rotatable bonds is 9. The van der Waals surface area contributed by atoms with Crippen LogP contribution in [0.15, 0.2) is 24.3 Å². The molecule has 1 N–H and O–H groups in total. The van der Waals surface area contributed by atoms with E-state index in [4.69, 9.17) is 11.6 Å². The summed E-state index contributed by atoms with van der Waals surface area (Å²) < 4.78 is 0. The van der Waals surface area contributed by atoms with Gasteiger partial charge in [-0.25, -0.2) is 0 Å². The van der Waals surface area contributed by atoms with Gasteiger partial charge in [0.1, 0.15) is 0 Å². The molecular formula is C16H27ClN2. The lowest BCUT2D eigenvalue weighted by Gasteiger charge is -2.25. The molecule has 3 heteroatoms. The molecule has 0 bridgehead atoms. The number of halogens is 1. The van der Waals surface area contributed by atoms with Crippen LogP contribution in [0, 0.1) is 0 Å². The van der Waals surface area contributed by atoms with Crippen molar-refractivity contribution in [2.45, 2.75) is 39.2 Å². The van der Waals surface area contributed by atoms with E-state index in [1.54, 1.807) is 0 Å². The molecule has 1 unspecified atom stereocenters. The maximum absolute atomic E-state index is 5.92. The highest BCUT2D eigenvalue weighted by Crippen LogP contribution is 2.20. The first-order valence-corrected chi connectivity index (χ1v) is 7.69. The van der Waals surface area contributed by atoms with Gasteiger partial charge < -0.3 is 5.32 Å². The van der Waals surface area contributed by atoms with Crippen LogP contribution in [0.4, 0.5) is 0 Å². The van der Waals surface area contributed by atoms with Crippen molar-refractivity contribution in [3.05, 3.63) is 34.9 Å². The molecule has 0 amide bonds. The Labute approximate surface area is 123 Å². The zero-order chi connectivity index (χ0) is 14.1. The summed E-state index contributed by atoms with van der Waals surface area (Å²) in [7, 11) is 2.19. The van der Waals surface area contributed by atoms with Crippen molar-refractivity contribution in [1.29, 1.82) is 0 Å². The third kappa shape index (κ3) is 6.42. The first-order valence-electron chi connectivity index (χ1n) is 7.31. The number of hydrogen-bond acceptors (Lipinski definition) is 2. The monoisotopic (exact) mass is 282 g/mol. The Balaban J connectivity index is 2.25. The zero-order valence-corrected chi connectivity index (χ0v) is 13.2. The van der Waals surface area contributed by atoms with Crippen LogP contribution in [0.2, 0.25) is 5.02 Å². The lowest BCUT2D eigenvalue weighted by Crippen LogP contribution is -2.24. The molecule has 0 fully saturated rings. The van der Waals surface area contributed by atoms with Crippen molar-refractivity contribution in [3.8, 4) is 0 Å². The lowest BCUT2D eigenvalue weighted by molar-refractivity contribution is 0.256. The highest BCUT2D eigenvalue weighted by molar-refractivity contribution is 6.30. The van der Waals surface area contributed by atoms with Gasteiger partial charge in [-0.05, 0) is 70.6 Å². The van der Waals surface area contributed by atoms with Crippen LogP contribution in [0.1, 0.15) is 44.7 Å². The van der Waals surface area contributed by atoms with Gasteiger partial charge in [-0.3, -0.25) is 4.90 Å². The number of unbranched alkanes of at least 4 members (excludes halogenated alkanes) is 1. The second kappa shape index (κ2) is 9.35. The molecule has 0 heterocycles. The summed E-state index contributed by atoms with van der Waals surface area (Å²) in [6, 6.07) is 8.62. The van der Waals surface area contributed by atoms with E-state index in [1.807, 2.05) is 12.1 Å². The Morgan fingerprint density at radius 2 is 1.84 bits per heavy atom. The maximum atomic E-state index is 5.92. The normalized spacial score (nSPS) is 12.9. The molecule has 0 saturated carbocycles. The van der Waals surface area contributed by atoms with Crippen LogP contribution in [0.5, 0.6) is 0 Å². The summed E-state index contributed by atoms with van der Waals surface area (Å²) in [6.45, 7) is 7.86. The van der Waals surface area contributed by atoms with Gasteiger partial charge in [-0.1, -0.05) is 30.7 Å². The Bertz CT molecular complexity index is 337. The summed E-state index contributed by atoms with van der Waals surface area (Å²) in [5.41, 5.74) is 1.33. The van der Waals surface area contributed by atoms with E-state index in [0.717, 1.165) is 24.7 Å². The van der Waals surface area contributed by atoms with Crippen LogP contribution in [-0.2, 0) is 0 Å². The Hall–Kier alpha value is -0.570. The molecule has 0 radical (unpaired) electrons. The fourth-order valence-corrected chi connectivity index (χ4v) is 2.23. The molecule has 2 nitrogen and oxygen atoms in total. The second-order valence-corrected chi connectivity index (χ2v) is 5.60. The van der Waals surface area contributed by atoms with Gasteiger partial charge in [0, 0.05) is 11.1 Å². The quantitative estimate of drug-likeness (QED) is 0.686. The van der Waals surface area contributed by atoms with Crippen molar-refractivity contribution in [2.75, 3.05) is 26.7 Å². The van der Waals surface area contributed by atoms with Gasteiger partial charge in [0.25, 0.3) is 0 Å². The molecule has 19 heavy (non-hydrogen) atoms. The minimum atomic E-state index is 0.445. The predicted molar refractivity (Wildman–Crippen MR) is 84.9 cm³/mol. The summed E-state index contributed by atoms with van der Waals surface area (Å²) in [5, 5.41) is 4.25. The fourth-order valence-electron chi connectivity index (χ4n) is 2.10. The van der Waals surface area contributed by atoms with Crippen LogP contribution in [0.3, 0.4) is 0 Å². The molecule has 0 aliphatic rings. The average Bonchev–Trinajstić information content (AvgIpc) is 2.42. The van der Waals surface area contributed by atoms with Gasteiger partial charge in [-0.2, -0.15) is 0 Å². The molecule has 0 aromatic heterocycles. The highest BCUT2D eigenvalue weighted by Gasteiger charge is 2.10. The van der Waals surface area contributed by atoms with Crippen molar-refractivity contribution in [2.24, 2.45) is 0 Å². The Morgan fingerprint density at radius 1 is 1.16 bits per heavy atom. The minimum Gasteiger partial charge on any atom is -0.317 e. The molecule has 0 saturated heterocycles. The van der Waals surface area contributed by atoms with Crippen molar-refractivity contribution >= 4 is 11.6 Å². The standard InChI is InChI=1S/C16H27ClN2/c1-4-11-18-12-5-6-13-19(3)14(2)15-7-9-16(17)10-8-15/h7-10,14,18H,4-6,11-13H2,1-3H3. The predicted octanol–water partition coefficient (Wildman–Crippen LogP) is 4.11. The molecule has 1 aromatic carbocycles. The summed E-state index contributed by atoms with van der Waals surface area (Å²) >= 11 is 5.92. The number of hydrogen-bond donors (Lipinski definition) is 1. The molecule has 0 aliphatic heterocycles. The van der Waals surface area contributed by atoms with E-state index >= 15 is 0 Å². The first-order chi connectivity index (χ1) is 9.15. The molecule has 1 atom stereocenters. The molecular weight excluding hydrogens is 256 g/mol. The molecule has 0 aliphatic carbocycles. The SMILES string of the molecule is CCCNCCCCN(C)C(C)c1ccc(Cl)cc1. The van der Waals surface area contributed by atoms with Crippen LogP contribution >= 0.6 is 11.6 Å². The third-order valence-electron chi connectivity index (χ3n) is 3.55. The van der Waals surface area contributed by atoms with Gasteiger partial charge in [0.05, 0.1) is 0 Å². The van der Waals surface area contributed by atoms with Crippen LogP contribution in [-0.4, -0.2) is 31.6 Å². The van der Waals surface area contributed by atoms with E-state index in [2.05, 4.69) is 43.2 Å². The van der Waals surface area contributed by atoms with Crippen LogP contribution in [0.25, 0.3) is 0 Å². The Kier molecular flexibility index (Phi) is 8.11. The fraction of sp³-hybridized carbons (Fsp3) is 0.625. The van der Waals surface area contributed by atoms with E-state index in [0.29, 0.717) is 6.04 Å². The van der Waals surface area contributed by atoms with Crippen molar-refractivity contribution in [3.63, 3.8) is 0 Å². The minimum absolute atomic E-state index is 0.445. The Morgan fingerprint density at radius 3 is 2.47 bits per heavy atom. The average molecular weight is 283 g/mol. The summed E-state index contributed by atoms with van der Waals surface area (Å²) in [6.07, 6.45) is 3.70. The number of nitrogens with zero attached hydrogens (tertiary/aromatic N) is 1. The zero-order valence-electron chi connectivity index (χ0n) is 12.5. The largest absolute Gasteiger partial charge is 0.317 e. The van der Waals surface area contributed by atoms with Gasteiger partial charge in [0.15, 0.2) is 0 Å². The molecule has 108 valence electrons. The van der Waals surface area contributed by atoms with Crippen LogP contribution < -0.4 is 5.32 Å². The van der Waals surface area contributed by atoms with Gasteiger partial charge in [0.2, 0.25) is 0 Å². The van der Waals surface area contributed by atoms with Gasteiger partial charge in [-0.15, -0.1) is 0 Å². The smallest absolute Gasteiger partial charge is 0.0406 e. The lowest BCUT2D eigenvalue weighted by atomic mass is 10.1. The van der Waals surface area contributed by atoms with E-state index in [-0.39, 0.29) is 0 Å². The molecule has 1 aromatic rings. The van der Waals surface area contributed by atoms with Gasteiger partial charge >= 0.3 is 0 Å². The topological polar surface area (TPSA) is 15.3 Å². The molecule has 0 spiro atoms. The van der Waals surface area contributed by atoms with E-state index < -0.39 is 0 Å². The summed E-state index contributed by atoms with van der Waals surface area (Å²) in [4.78, 5) is 2.41.